The van der Waals surface area contributed by atoms with Gasteiger partial charge in [0.2, 0.25) is 0 Å². The van der Waals surface area contributed by atoms with Crippen molar-refractivity contribution in [1.29, 1.82) is 0 Å². The quantitative estimate of drug-likeness (QED) is 0.620. The highest BCUT2D eigenvalue weighted by atomic mass is 127. The van der Waals surface area contributed by atoms with E-state index in [1.807, 2.05) is 22.6 Å². The average Bonchev–Trinajstić information content (AvgIpc) is 1.97. The number of hydrogen-bond donors (Lipinski definition) is 1. The van der Waals surface area contributed by atoms with Gasteiger partial charge in [-0.3, -0.25) is 0 Å². The number of aliphatic hydroxyl groups excluding tert-OH is 1. The lowest BCUT2D eigenvalue weighted by Crippen LogP contribution is -1.89. The topological polar surface area (TPSA) is 20.2 Å². The number of halogens is 3. The second kappa shape index (κ2) is 3.82. The maximum atomic E-state index is 12.8. The van der Waals surface area contributed by atoms with E-state index in [1.165, 1.54) is 6.07 Å². The third-order valence-corrected chi connectivity index (χ3v) is 2.82. The van der Waals surface area contributed by atoms with Crippen molar-refractivity contribution in [2.24, 2.45) is 0 Å². The van der Waals surface area contributed by atoms with Crippen molar-refractivity contribution in [2.75, 3.05) is 0 Å². The smallest absolute Gasteiger partial charge is 0.136 e. The molecular formula is C7H5BrFIO. The lowest BCUT2D eigenvalue weighted by Gasteiger charge is -2.01. The molecule has 0 saturated carbocycles. The highest BCUT2D eigenvalue weighted by molar-refractivity contribution is 14.1. The molecule has 1 N–H and O–H groups in total. The Balaban J connectivity index is 3.21. The van der Waals surface area contributed by atoms with E-state index in [4.69, 9.17) is 5.11 Å². The summed E-state index contributed by atoms with van der Waals surface area (Å²) >= 11 is 5.11. The van der Waals surface area contributed by atoms with E-state index in [1.54, 1.807) is 6.07 Å². The molecule has 0 atom stereocenters. The second-order valence-corrected chi connectivity index (χ2v) is 4.03. The molecule has 1 nitrogen and oxygen atoms in total. The zero-order chi connectivity index (χ0) is 8.43. The first-order valence-electron chi connectivity index (χ1n) is 2.89. The maximum Gasteiger partial charge on any atom is 0.136 e. The summed E-state index contributed by atoms with van der Waals surface area (Å²) in [6.07, 6.45) is 0. The van der Waals surface area contributed by atoms with Gasteiger partial charge in [-0.2, -0.15) is 0 Å². The van der Waals surface area contributed by atoms with Gasteiger partial charge >= 0.3 is 0 Å². The molecule has 60 valence electrons. The Hall–Kier alpha value is 0.320. The van der Waals surface area contributed by atoms with Gasteiger partial charge in [-0.1, -0.05) is 15.9 Å². The molecule has 0 spiro atoms. The van der Waals surface area contributed by atoms with E-state index in [0.29, 0.717) is 9.13 Å². The van der Waals surface area contributed by atoms with Crippen LogP contribution in [0.15, 0.2) is 16.6 Å². The van der Waals surface area contributed by atoms with Crippen molar-refractivity contribution in [3.05, 3.63) is 31.6 Å². The molecular weight excluding hydrogens is 326 g/mol. The van der Waals surface area contributed by atoms with Gasteiger partial charge in [0.25, 0.3) is 0 Å². The van der Waals surface area contributed by atoms with Gasteiger partial charge in [-0.15, -0.1) is 0 Å². The van der Waals surface area contributed by atoms with Crippen LogP contribution in [-0.4, -0.2) is 5.11 Å². The average molecular weight is 331 g/mol. The van der Waals surface area contributed by atoms with Crippen LogP contribution >= 0.6 is 38.5 Å². The molecule has 0 aromatic heterocycles. The van der Waals surface area contributed by atoms with Crippen molar-refractivity contribution < 1.29 is 9.50 Å². The Morgan fingerprint density at radius 1 is 1.55 bits per heavy atom. The lowest BCUT2D eigenvalue weighted by molar-refractivity contribution is 0.280. The van der Waals surface area contributed by atoms with Gasteiger partial charge in [0.05, 0.1) is 6.61 Å². The van der Waals surface area contributed by atoms with Crippen molar-refractivity contribution >= 4 is 38.5 Å². The fraction of sp³-hybridized carbons (Fsp3) is 0.143. The second-order valence-electron chi connectivity index (χ2n) is 2.02. The SMILES string of the molecule is OCc1cc(F)c(I)cc1Br. The maximum absolute atomic E-state index is 12.8. The predicted octanol–water partition coefficient (Wildman–Crippen LogP) is 2.69. The minimum atomic E-state index is -0.294. The summed E-state index contributed by atoms with van der Waals surface area (Å²) < 4.78 is 14.1. The number of benzene rings is 1. The molecule has 0 aliphatic carbocycles. The van der Waals surface area contributed by atoms with Gasteiger partial charge in [0, 0.05) is 8.04 Å². The van der Waals surface area contributed by atoms with Crippen LogP contribution in [0, 0.1) is 9.39 Å². The zero-order valence-electron chi connectivity index (χ0n) is 5.44. The monoisotopic (exact) mass is 330 g/mol. The predicted molar refractivity (Wildman–Crippen MR) is 52.7 cm³/mol. The van der Waals surface area contributed by atoms with Crippen LogP contribution < -0.4 is 0 Å². The van der Waals surface area contributed by atoms with Gasteiger partial charge in [-0.05, 0) is 40.3 Å². The standard InChI is InChI=1S/C7H5BrFIO/c8-5-2-7(10)6(9)1-4(5)3-11/h1-2,11H,3H2. The van der Waals surface area contributed by atoms with Crippen LogP contribution in [0.3, 0.4) is 0 Å². The number of rotatable bonds is 1. The van der Waals surface area contributed by atoms with E-state index >= 15 is 0 Å². The van der Waals surface area contributed by atoms with Crippen molar-refractivity contribution in [2.45, 2.75) is 6.61 Å². The lowest BCUT2D eigenvalue weighted by atomic mass is 10.2. The van der Waals surface area contributed by atoms with Gasteiger partial charge in [-0.25, -0.2) is 4.39 Å². The molecule has 0 bridgehead atoms. The Labute approximate surface area is 85.9 Å². The Morgan fingerprint density at radius 3 is 2.73 bits per heavy atom. The Bertz CT molecular complexity index is 277. The van der Waals surface area contributed by atoms with Crippen LogP contribution in [0.4, 0.5) is 4.39 Å². The molecule has 4 heteroatoms. The summed E-state index contributed by atoms with van der Waals surface area (Å²) in [7, 11) is 0. The number of hydrogen-bond acceptors (Lipinski definition) is 1. The Morgan fingerprint density at radius 2 is 2.18 bits per heavy atom. The fourth-order valence-electron chi connectivity index (χ4n) is 0.685. The third kappa shape index (κ3) is 2.13. The molecule has 0 saturated heterocycles. The minimum absolute atomic E-state index is 0.144. The molecule has 0 amide bonds. The molecule has 1 rings (SSSR count). The molecule has 0 aliphatic heterocycles. The molecule has 0 radical (unpaired) electrons. The molecule has 1 aromatic rings. The number of aliphatic hydroxyl groups is 1. The summed E-state index contributed by atoms with van der Waals surface area (Å²) in [5, 5.41) is 8.73. The van der Waals surface area contributed by atoms with Crippen LogP contribution in [0.25, 0.3) is 0 Å². The summed E-state index contributed by atoms with van der Waals surface area (Å²) in [5.41, 5.74) is 0.572. The highest BCUT2D eigenvalue weighted by Gasteiger charge is 2.04. The largest absolute Gasteiger partial charge is 0.392 e. The van der Waals surface area contributed by atoms with E-state index < -0.39 is 0 Å². The van der Waals surface area contributed by atoms with Gasteiger partial charge in [0.1, 0.15) is 5.82 Å². The Kier molecular flexibility index (Phi) is 3.27. The van der Waals surface area contributed by atoms with E-state index in [2.05, 4.69) is 15.9 Å². The summed E-state index contributed by atoms with van der Waals surface area (Å²) in [4.78, 5) is 0. The minimum Gasteiger partial charge on any atom is -0.392 e. The van der Waals surface area contributed by atoms with E-state index in [-0.39, 0.29) is 12.4 Å². The molecule has 0 aliphatic rings. The molecule has 1 aromatic carbocycles. The van der Waals surface area contributed by atoms with E-state index in [9.17, 15) is 4.39 Å². The van der Waals surface area contributed by atoms with Gasteiger partial charge in [0.15, 0.2) is 0 Å². The van der Waals surface area contributed by atoms with Crippen LogP contribution in [-0.2, 0) is 6.61 Å². The van der Waals surface area contributed by atoms with Crippen LogP contribution in [0.2, 0.25) is 0 Å². The first-order chi connectivity index (χ1) is 5.15. The van der Waals surface area contributed by atoms with Crippen LogP contribution in [0.5, 0.6) is 0 Å². The zero-order valence-corrected chi connectivity index (χ0v) is 9.19. The highest BCUT2D eigenvalue weighted by Crippen LogP contribution is 2.22. The normalized spacial score (nSPS) is 10.2. The summed E-state index contributed by atoms with van der Waals surface area (Å²) in [5.74, 6) is -0.294. The van der Waals surface area contributed by atoms with Crippen molar-refractivity contribution in [3.63, 3.8) is 0 Å². The summed E-state index contributed by atoms with van der Waals surface area (Å²) in [6, 6.07) is 2.97. The first kappa shape index (κ1) is 9.41. The molecule has 0 fully saturated rings. The molecule has 11 heavy (non-hydrogen) atoms. The van der Waals surface area contributed by atoms with Crippen LogP contribution in [0.1, 0.15) is 5.56 Å². The molecule has 0 heterocycles. The third-order valence-electron chi connectivity index (χ3n) is 1.26. The molecule has 0 unspecified atom stereocenters. The van der Waals surface area contributed by atoms with Crippen molar-refractivity contribution in [1.82, 2.24) is 0 Å². The van der Waals surface area contributed by atoms with E-state index in [0.717, 1.165) is 4.47 Å². The fourth-order valence-corrected chi connectivity index (χ4v) is 2.05. The van der Waals surface area contributed by atoms with Gasteiger partial charge < -0.3 is 5.11 Å². The first-order valence-corrected chi connectivity index (χ1v) is 4.76. The summed E-state index contributed by atoms with van der Waals surface area (Å²) in [6.45, 7) is -0.144. The van der Waals surface area contributed by atoms with Crippen molar-refractivity contribution in [3.8, 4) is 0 Å².